The Morgan fingerprint density at radius 1 is 1.80 bits per heavy atom. The third-order valence-corrected chi connectivity index (χ3v) is 2.57. The predicted octanol–water partition coefficient (Wildman–Crippen LogP) is -0.0554. The molecule has 84 valence electrons. The van der Waals surface area contributed by atoms with Crippen LogP contribution in [0, 0.1) is 5.92 Å². The molecule has 0 fully saturated rings. The highest BCUT2D eigenvalue weighted by molar-refractivity contribution is 5.81. The molecule has 15 heavy (non-hydrogen) atoms. The molecule has 0 heterocycles. The quantitative estimate of drug-likeness (QED) is 0.608. The smallest absolute Gasteiger partial charge is 0.239 e. The minimum Gasteiger partial charge on any atom is -0.394 e. The zero-order valence-electron chi connectivity index (χ0n) is 8.94. The van der Waals surface area contributed by atoms with Gasteiger partial charge in [-0.2, -0.15) is 0 Å². The molecule has 0 saturated carbocycles. The van der Waals surface area contributed by atoms with Crippen LogP contribution in [0.3, 0.4) is 0 Å². The van der Waals surface area contributed by atoms with Crippen molar-refractivity contribution < 1.29 is 9.90 Å². The van der Waals surface area contributed by atoms with E-state index in [2.05, 4.69) is 18.3 Å². The number of rotatable bonds is 4. The van der Waals surface area contributed by atoms with Crippen LogP contribution in [0.2, 0.25) is 0 Å². The first-order valence-electron chi connectivity index (χ1n) is 5.15. The molecular weight excluding hydrogens is 192 g/mol. The molecule has 0 aromatic heterocycles. The van der Waals surface area contributed by atoms with E-state index >= 15 is 0 Å². The van der Waals surface area contributed by atoms with Crippen LogP contribution in [0.1, 0.15) is 13.3 Å². The van der Waals surface area contributed by atoms with Crippen LogP contribution >= 0.6 is 0 Å². The zero-order chi connectivity index (χ0) is 11.3. The number of nitrogens with two attached hydrogens (primary N) is 1. The van der Waals surface area contributed by atoms with Crippen LogP contribution in [-0.2, 0) is 4.79 Å². The van der Waals surface area contributed by atoms with Crippen molar-refractivity contribution in [2.24, 2.45) is 11.7 Å². The second kappa shape index (κ2) is 5.68. The summed E-state index contributed by atoms with van der Waals surface area (Å²) in [7, 11) is 0. The van der Waals surface area contributed by atoms with Gasteiger partial charge >= 0.3 is 0 Å². The van der Waals surface area contributed by atoms with E-state index in [1.807, 2.05) is 12.2 Å². The third kappa shape index (κ3) is 3.49. The molecule has 4 heteroatoms. The Morgan fingerprint density at radius 3 is 3.13 bits per heavy atom. The topological polar surface area (TPSA) is 75.4 Å². The number of nitrogens with one attached hydrogen (secondary N) is 1. The molecule has 0 saturated heterocycles. The predicted molar refractivity (Wildman–Crippen MR) is 59.1 cm³/mol. The number of carbonyl (C=O) groups is 1. The molecule has 0 spiro atoms. The van der Waals surface area contributed by atoms with Crippen LogP contribution < -0.4 is 11.1 Å². The van der Waals surface area contributed by atoms with Gasteiger partial charge in [0.2, 0.25) is 5.91 Å². The number of hydrogen-bond acceptors (Lipinski definition) is 3. The molecule has 0 aromatic carbocycles. The molecule has 1 aliphatic carbocycles. The Morgan fingerprint density at radius 2 is 2.53 bits per heavy atom. The number of hydrogen-bond donors (Lipinski definition) is 3. The highest BCUT2D eigenvalue weighted by Gasteiger charge is 2.14. The van der Waals surface area contributed by atoms with Gasteiger partial charge in [-0.1, -0.05) is 25.2 Å². The Balaban J connectivity index is 2.39. The van der Waals surface area contributed by atoms with Crippen molar-refractivity contribution >= 4 is 5.91 Å². The Bertz CT molecular complexity index is 284. The number of aliphatic hydroxyl groups is 1. The van der Waals surface area contributed by atoms with Crippen LogP contribution in [0.5, 0.6) is 0 Å². The molecular formula is C11H18N2O2. The lowest BCUT2D eigenvalue weighted by molar-refractivity contribution is -0.122. The summed E-state index contributed by atoms with van der Waals surface area (Å²) in [5, 5.41) is 11.4. The first kappa shape index (κ1) is 11.9. The van der Waals surface area contributed by atoms with E-state index in [1.54, 1.807) is 0 Å². The lowest BCUT2D eigenvalue weighted by atomic mass is 9.93. The summed E-state index contributed by atoms with van der Waals surface area (Å²) in [5.41, 5.74) is 6.56. The Kier molecular flexibility index (Phi) is 4.52. The molecule has 2 atom stereocenters. The first-order chi connectivity index (χ1) is 7.15. The summed E-state index contributed by atoms with van der Waals surface area (Å²) in [4.78, 5) is 11.3. The van der Waals surface area contributed by atoms with Gasteiger partial charge in [0.1, 0.15) is 6.04 Å². The fourth-order valence-electron chi connectivity index (χ4n) is 1.43. The van der Waals surface area contributed by atoms with Gasteiger partial charge in [0.15, 0.2) is 0 Å². The molecule has 0 radical (unpaired) electrons. The van der Waals surface area contributed by atoms with E-state index in [1.165, 1.54) is 5.57 Å². The average Bonchev–Trinajstić information content (AvgIpc) is 2.26. The normalized spacial score (nSPS) is 22.1. The van der Waals surface area contributed by atoms with Gasteiger partial charge < -0.3 is 16.2 Å². The SMILES string of the molecule is CC1CC=CC=C1CNC(=O)C(N)CO. The monoisotopic (exact) mass is 210 g/mol. The summed E-state index contributed by atoms with van der Waals surface area (Å²) < 4.78 is 0. The molecule has 4 N–H and O–H groups in total. The van der Waals surface area contributed by atoms with Gasteiger partial charge in [-0.15, -0.1) is 0 Å². The number of carbonyl (C=O) groups excluding carboxylic acids is 1. The molecule has 0 aliphatic heterocycles. The summed E-state index contributed by atoms with van der Waals surface area (Å²) in [6.07, 6.45) is 7.12. The van der Waals surface area contributed by atoms with Crippen molar-refractivity contribution in [3.8, 4) is 0 Å². The van der Waals surface area contributed by atoms with E-state index < -0.39 is 6.04 Å². The summed E-state index contributed by atoms with van der Waals surface area (Å²) in [6.45, 7) is 2.31. The molecule has 0 aromatic rings. The van der Waals surface area contributed by atoms with E-state index in [0.717, 1.165) is 6.42 Å². The average molecular weight is 210 g/mol. The summed E-state index contributed by atoms with van der Waals surface area (Å²) in [5.74, 6) is 0.154. The van der Waals surface area contributed by atoms with Crippen molar-refractivity contribution in [3.05, 3.63) is 23.8 Å². The molecule has 1 rings (SSSR count). The summed E-state index contributed by atoms with van der Waals surface area (Å²) >= 11 is 0. The van der Waals surface area contributed by atoms with Gasteiger partial charge in [-0.3, -0.25) is 4.79 Å². The van der Waals surface area contributed by atoms with Crippen molar-refractivity contribution in [1.82, 2.24) is 5.32 Å². The second-order valence-corrected chi connectivity index (χ2v) is 3.81. The maximum Gasteiger partial charge on any atom is 0.239 e. The van der Waals surface area contributed by atoms with E-state index in [-0.39, 0.29) is 12.5 Å². The minimum absolute atomic E-state index is 0.305. The van der Waals surface area contributed by atoms with Crippen molar-refractivity contribution in [2.75, 3.05) is 13.2 Å². The highest BCUT2D eigenvalue weighted by atomic mass is 16.3. The molecule has 4 nitrogen and oxygen atoms in total. The van der Waals surface area contributed by atoms with E-state index in [9.17, 15) is 4.79 Å². The highest BCUT2D eigenvalue weighted by Crippen LogP contribution is 2.18. The molecule has 2 unspecified atom stereocenters. The Labute approximate surface area is 89.8 Å². The van der Waals surface area contributed by atoms with Gasteiger partial charge in [0, 0.05) is 6.54 Å². The molecule has 1 amide bonds. The van der Waals surface area contributed by atoms with Crippen LogP contribution in [-0.4, -0.2) is 30.2 Å². The first-order valence-corrected chi connectivity index (χ1v) is 5.15. The van der Waals surface area contributed by atoms with E-state index in [0.29, 0.717) is 12.5 Å². The minimum atomic E-state index is -0.819. The van der Waals surface area contributed by atoms with Crippen LogP contribution in [0.4, 0.5) is 0 Å². The van der Waals surface area contributed by atoms with Gasteiger partial charge in [0.05, 0.1) is 6.61 Å². The van der Waals surface area contributed by atoms with Crippen molar-refractivity contribution in [1.29, 1.82) is 0 Å². The molecule has 1 aliphatic rings. The maximum atomic E-state index is 11.3. The molecule has 0 bridgehead atoms. The second-order valence-electron chi connectivity index (χ2n) is 3.81. The zero-order valence-corrected chi connectivity index (χ0v) is 8.94. The standard InChI is InChI=1S/C11H18N2O2/c1-8-4-2-3-5-9(8)6-13-11(15)10(12)7-14/h2-3,5,8,10,14H,4,6-7,12H2,1H3,(H,13,15). The fourth-order valence-corrected chi connectivity index (χ4v) is 1.43. The van der Waals surface area contributed by atoms with Crippen LogP contribution in [0.15, 0.2) is 23.8 Å². The number of amides is 1. The van der Waals surface area contributed by atoms with Gasteiger partial charge in [0.25, 0.3) is 0 Å². The van der Waals surface area contributed by atoms with Crippen molar-refractivity contribution in [3.63, 3.8) is 0 Å². The lowest BCUT2D eigenvalue weighted by Gasteiger charge is -2.18. The fraction of sp³-hybridized carbons (Fsp3) is 0.545. The Hall–Kier alpha value is -1.13. The lowest BCUT2D eigenvalue weighted by Crippen LogP contribution is -2.43. The maximum absolute atomic E-state index is 11.3. The largest absolute Gasteiger partial charge is 0.394 e. The van der Waals surface area contributed by atoms with Crippen LogP contribution in [0.25, 0.3) is 0 Å². The van der Waals surface area contributed by atoms with Crippen molar-refractivity contribution in [2.45, 2.75) is 19.4 Å². The number of aliphatic hydroxyl groups excluding tert-OH is 1. The number of allylic oxidation sites excluding steroid dienone is 3. The summed E-state index contributed by atoms with van der Waals surface area (Å²) in [6, 6.07) is -0.819. The van der Waals surface area contributed by atoms with Gasteiger partial charge in [-0.25, -0.2) is 0 Å². The third-order valence-electron chi connectivity index (χ3n) is 2.57. The van der Waals surface area contributed by atoms with Gasteiger partial charge in [-0.05, 0) is 17.9 Å². The van der Waals surface area contributed by atoms with E-state index in [4.69, 9.17) is 10.8 Å².